The molecule has 6 heteroatoms. The number of hydrogen-bond acceptors (Lipinski definition) is 3. The molecule has 0 spiro atoms. The summed E-state index contributed by atoms with van der Waals surface area (Å²) in [6.07, 6.45) is 5.23. The Morgan fingerprint density at radius 3 is 2.69 bits per heavy atom. The van der Waals surface area contributed by atoms with Gasteiger partial charge in [0.1, 0.15) is 6.04 Å². The van der Waals surface area contributed by atoms with E-state index < -0.39 is 12.0 Å². The molecule has 92 valence electrons. The highest BCUT2D eigenvalue weighted by Gasteiger charge is 2.28. The SMILES string of the molecule is CSC1CCCC1NC(=O)NC(C)C(=O)O. The zero-order chi connectivity index (χ0) is 12.1. The van der Waals surface area contributed by atoms with Gasteiger partial charge in [0, 0.05) is 11.3 Å². The fourth-order valence-corrected chi connectivity index (χ4v) is 2.78. The van der Waals surface area contributed by atoms with E-state index in [1.807, 2.05) is 6.26 Å². The number of carboxylic acids is 1. The van der Waals surface area contributed by atoms with E-state index in [2.05, 4.69) is 10.6 Å². The number of carboxylic acid groups (broad SMARTS) is 1. The van der Waals surface area contributed by atoms with Crippen LogP contribution in [0.5, 0.6) is 0 Å². The second-order valence-corrected chi connectivity index (χ2v) is 5.07. The van der Waals surface area contributed by atoms with Crippen LogP contribution in [0.3, 0.4) is 0 Å². The van der Waals surface area contributed by atoms with Gasteiger partial charge in [0.05, 0.1) is 0 Å². The first-order valence-electron chi connectivity index (χ1n) is 5.37. The number of carbonyl (C=O) groups excluding carboxylic acids is 1. The van der Waals surface area contributed by atoms with E-state index in [9.17, 15) is 9.59 Å². The highest BCUT2D eigenvalue weighted by atomic mass is 32.2. The van der Waals surface area contributed by atoms with Crippen LogP contribution in [0.25, 0.3) is 0 Å². The second-order valence-electron chi connectivity index (χ2n) is 3.99. The molecule has 0 saturated heterocycles. The Bertz CT molecular complexity index is 273. The van der Waals surface area contributed by atoms with Crippen LogP contribution in [0.15, 0.2) is 0 Å². The monoisotopic (exact) mass is 246 g/mol. The second kappa shape index (κ2) is 5.98. The zero-order valence-electron chi connectivity index (χ0n) is 9.53. The summed E-state index contributed by atoms with van der Waals surface area (Å²) in [6.45, 7) is 1.45. The van der Waals surface area contributed by atoms with Crippen molar-refractivity contribution in [2.45, 2.75) is 43.5 Å². The van der Waals surface area contributed by atoms with Gasteiger partial charge in [-0.1, -0.05) is 6.42 Å². The van der Waals surface area contributed by atoms with Crippen molar-refractivity contribution < 1.29 is 14.7 Å². The maximum atomic E-state index is 11.5. The van der Waals surface area contributed by atoms with Gasteiger partial charge in [-0.25, -0.2) is 4.79 Å². The third-order valence-corrected chi connectivity index (χ3v) is 3.96. The van der Waals surface area contributed by atoms with Crippen molar-refractivity contribution in [1.29, 1.82) is 0 Å². The predicted octanol–water partition coefficient (Wildman–Crippen LogP) is 1.04. The largest absolute Gasteiger partial charge is 0.480 e. The highest BCUT2D eigenvalue weighted by Crippen LogP contribution is 2.28. The average Bonchev–Trinajstić information content (AvgIpc) is 2.64. The molecule has 1 aliphatic carbocycles. The summed E-state index contributed by atoms with van der Waals surface area (Å²) in [5.41, 5.74) is 0. The molecule has 0 aliphatic heterocycles. The molecule has 0 bridgehead atoms. The van der Waals surface area contributed by atoms with Crippen LogP contribution in [0.2, 0.25) is 0 Å². The summed E-state index contributed by atoms with van der Waals surface area (Å²) in [7, 11) is 0. The first-order chi connectivity index (χ1) is 7.54. The molecule has 1 aliphatic rings. The van der Waals surface area contributed by atoms with E-state index in [1.165, 1.54) is 6.92 Å². The van der Waals surface area contributed by atoms with Crippen molar-refractivity contribution in [1.82, 2.24) is 10.6 Å². The van der Waals surface area contributed by atoms with E-state index in [0.717, 1.165) is 19.3 Å². The molecule has 1 saturated carbocycles. The Morgan fingerprint density at radius 2 is 2.12 bits per heavy atom. The summed E-state index contributed by atoms with van der Waals surface area (Å²) in [4.78, 5) is 22.0. The Morgan fingerprint density at radius 1 is 1.44 bits per heavy atom. The van der Waals surface area contributed by atoms with Gasteiger partial charge >= 0.3 is 12.0 Å². The van der Waals surface area contributed by atoms with Crippen molar-refractivity contribution in [2.75, 3.05) is 6.26 Å². The molecule has 16 heavy (non-hydrogen) atoms. The minimum Gasteiger partial charge on any atom is -0.480 e. The molecule has 0 aromatic heterocycles. The zero-order valence-corrected chi connectivity index (χ0v) is 10.3. The van der Waals surface area contributed by atoms with Gasteiger partial charge in [-0.15, -0.1) is 0 Å². The molecule has 2 amide bonds. The quantitative estimate of drug-likeness (QED) is 0.692. The molecule has 0 aromatic rings. The van der Waals surface area contributed by atoms with Gasteiger partial charge in [0.2, 0.25) is 0 Å². The fraction of sp³-hybridized carbons (Fsp3) is 0.800. The van der Waals surface area contributed by atoms with Crippen LogP contribution in [0.4, 0.5) is 4.79 Å². The predicted molar refractivity (Wildman–Crippen MR) is 63.7 cm³/mol. The number of thioether (sulfide) groups is 1. The molecular formula is C10H18N2O3S. The van der Waals surface area contributed by atoms with Crippen LogP contribution in [0.1, 0.15) is 26.2 Å². The van der Waals surface area contributed by atoms with Crippen LogP contribution >= 0.6 is 11.8 Å². The third kappa shape index (κ3) is 3.59. The van der Waals surface area contributed by atoms with E-state index >= 15 is 0 Å². The van der Waals surface area contributed by atoms with Gasteiger partial charge in [-0.2, -0.15) is 11.8 Å². The molecule has 3 atom stereocenters. The lowest BCUT2D eigenvalue weighted by Gasteiger charge is -2.20. The highest BCUT2D eigenvalue weighted by molar-refractivity contribution is 7.99. The summed E-state index contributed by atoms with van der Waals surface area (Å²) in [5.74, 6) is -1.03. The maximum Gasteiger partial charge on any atom is 0.325 e. The van der Waals surface area contributed by atoms with E-state index in [-0.39, 0.29) is 12.1 Å². The average molecular weight is 246 g/mol. The lowest BCUT2D eigenvalue weighted by atomic mass is 10.2. The van der Waals surface area contributed by atoms with Crippen molar-refractivity contribution >= 4 is 23.8 Å². The molecule has 3 N–H and O–H groups in total. The topological polar surface area (TPSA) is 78.4 Å². The Kier molecular flexibility index (Phi) is 4.92. The molecule has 0 aromatic carbocycles. The summed E-state index contributed by atoms with van der Waals surface area (Å²) >= 11 is 1.75. The molecule has 1 fully saturated rings. The van der Waals surface area contributed by atoms with Crippen LogP contribution < -0.4 is 10.6 Å². The van der Waals surface area contributed by atoms with Crippen molar-refractivity contribution in [2.24, 2.45) is 0 Å². The van der Waals surface area contributed by atoms with Gasteiger partial charge in [0.25, 0.3) is 0 Å². The Balaban J connectivity index is 2.36. The molecule has 3 unspecified atom stereocenters. The number of urea groups is 1. The number of carbonyl (C=O) groups is 2. The molecule has 0 radical (unpaired) electrons. The minimum atomic E-state index is -1.03. The van der Waals surface area contributed by atoms with Gasteiger partial charge in [-0.05, 0) is 26.0 Å². The van der Waals surface area contributed by atoms with Crippen molar-refractivity contribution in [3.63, 3.8) is 0 Å². The Labute approximate surface area is 99.4 Å². The number of amides is 2. The number of rotatable bonds is 4. The molecule has 5 nitrogen and oxygen atoms in total. The molecule has 0 heterocycles. The first-order valence-corrected chi connectivity index (χ1v) is 6.66. The molecular weight excluding hydrogens is 228 g/mol. The number of hydrogen-bond donors (Lipinski definition) is 3. The van der Waals surface area contributed by atoms with Crippen LogP contribution in [-0.4, -0.2) is 40.7 Å². The number of nitrogens with one attached hydrogen (secondary N) is 2. The minimum absolute atomic E-state index is 0.163. The van der Waals surface area contributed by atoms with Crippen molar-refractivity contribution in [3.05, 3.63) is 0 Å². The smallest absolute Gasteiger partial charge is 0.325 e. The maximum absolute atomic E-state index is 11.5. The van der Waals surface area contributed by atoms with Gasteiger partial charge in [-0.3, -0.25) is 4.79 Å². The molecule has 1 rings (SSSR count). The fourth-order valence-electron chi connectivity index (χ4n) is 1.84. The van der Waals surface area contributed by atoms with Crippen LogP contribution in [0, 0.1) is 0 Å². The van der Waals surface area contributed by atoms with E-state index in [1.54, 1.807) is 11.8 Å². The first kappa shape index (κ1) is 13.2. The standard InChI is InChI=1S/C10H18N2O3S/c1-6(9(13)14)11-10(15)12-7-4-3-5-8(7)16-2/h6-8H,3-5H2,1-2H3,(H,13,14)(H2,11,12,15). The normalized spacial score (nSPS) is 26.1. The van der Waals surface area contributed by atoms with Gasteiger partial charge in [0.15, 0.2) is 0 Å². The number of aliphatic carboxylic acids is 1. The van der Waals surface area contributed by atoms with Crippen molar-refractivity contribution in [3.8, 4) is 0 Å². The third-order valence-electron chi connectivity index (χ3n) is 2.79. The van der Waals surface area contributed by atoms with E-state index in [4.69, 9.17) is 5.11 Å². The summed E-state index contributed by atoms with van der Waals surface area (Å²) in [6, 6.07) is -1.08. The summed E-state index contributed by atoms with van der Waals surface area (Å²) < 4.78 is 0. The Hall–Kier alpha value is -0.910. The lowest BCUT2D eigenvalue weighted by Crippen LogP contribution is -2.49. The van der Waals surface area contributed by atoms with E-state index in [0.29, 0.717) is 5.25 Å². The van der Waals surface area contributed by atoms with Gasteiger partial charge < -0.3 is 15.7 Å². The summed E-state index contributed by atoms with van der Waals surface area (Å²) in [5, 5.41) is 14.3. The van der Waals surface area contributed by atoms with Crippen LogP contribution in [-0.2, 0) is 4.79 Å². The lowest BCUT2D eigenvalue weighted by molar-refractivity contribution is -0.138.